The number of amidine groups is 2. The van der Waals surface area contributed by atoms with Crippen molar-refractivity contribution in [2.45, 2.75) is 13.8 Å². The van der Waals surface area contributed by atoms with Crippen LogP contribution in [-0.2, 0) is 0 Å². The molecular weight excluding hydrogens is 176 g/mol. The third kappa shape index (κ3) is 1.33. The molecule has 0 fully saturated rings. The highest BCUT2D eigenvalue weighted by Crippen LogP contribution is 2.04. The third-order valence-corrected chi connectivity index (χ3v) is 2.46. The number of quaternary nitrogens is 1. The fraction of sp³-hybridized carbons (Fsp3) is 0.300. The van der Waals surface area contributed by atoms with Crippen LogP contribution in [0.25, 0.3) is 0 Å². The van der Waals surface area contributed by atoms with Gasteiger partial charge in [-0.05, 0) is 19.1 Å². The molecule has 0 radical (unpaired) electrons. The van der Waals surface area contributed by atoms with Crippen molar-refractivity contribution in [3.05, 3.63) is 29.6 Å². The molecule has 14 heavy (non-hydrogen) atoms. The molecule has 0 aliphatic carbocycles. The van der Waals surface area contributed by atoms with Gasteiger partial charge in [0.05, 0.1) is 18.3 Å². The summed E-state index contributed by atoms with van der Waals surface area (Å²) in [6.07, 6.45) is 1.79. The Balaban J connectivity index is 2.40. The molecule has 1 aromatic rings. The normalized spacial score (nSPS) is 20.6. The van der Waals surface area contributed by atoms with Crippen LogP contribution in [0.15, 0.2) is 28.5 Å². The van der Waals surface area contributed by atoms with Crippen LogP contribution in [0.5, 0.6) is 0 Å². The number of hydrogen-bond donors (Lipinski definition) is 1. The Hall–Kier alpha value is -1.55. The van der Waals surface area contributed by atoms with Gasteiger partial charge in [0, 0.05) is 13.1 Å². The molecule has 2 rings (SSSR count). The van der Waals surface area contributed by atoms with E-state index >= 15 is 0 Å². The lowest BCUT2D eigenvalue weighted by Crippen LogP contribution is -3.12. The predicted molar refractivity (Wildman–Crippen MR) is 55.5 cm³/mol. The number of aromatic nitrogens is 1. The molecule has 2 heterocycles. The van der Waals surface area contributed by atoms with Crippen molar-refractivity contribution in [1.29, 1.82) is 0 Å². The van der Waals surface area contributed by atoms with Gasteiger partial charge in [-0.25, -0.2) is 4.90 Å². The van der Waals surface area contributed by atoms with Crippen molar-refractivity contribution in [3.8, 4) is 0 Å². The van der Waals surface area contributed by atoms with Crippen molar-refractivity contribution in [2.24, 2.45) is 10.2 Å². The average Bonchev–Trinajstić information content (AvgIpc) is 2.49. The van der Waals surface area contributed by atoms with E-state index in [0.717, 1.165) is 27.8 Å². The highest BCUT2D eigenvalue weighted by atomic mass is 15.4. The molecule has 1 aromatic heterocycles. The SMILES string of the molecule is CC1=NN=C(c2cccnc2C)[NH+]1C. The van der Waals surface area contributed by atoms with Crippen LogP contribution in [0.1, 0.15) is 18.2 Å². The Morgan fingerprint density at radius 3 is 2.57 bits per heavy atom. The summed E-state index contributed by atoms with van der Waals surface area (Å²) in [5, 5.41) is 8.21. The Labute approximate surface area is 83.0 Å². The van der Waals surface area contributed by atoms with Gasteiger partial charge < -0.3 is 0 Å². The van der Waals surface area contributed by atoms with E-state index in [4.69, 9.17) is 0 Å². The summed E-state index contributed by atoms with van der Waals surface area (Å²) in [5.74, 6) is 1.94. The van der Waals surface area contributed by atoms with E-state index in [-0.39, 0.29) is 0 Å². The molecular formula is C10H13N4+. The van der Waals surface area contributed by atoms with E-state index in [1.165, 1.54) is 0 Å². The third-order valence-electron chi connectivity index (χ3n) is 2.46. The first-order valence-electron chi connectivity index (χ1n) is 4.58. The summed E-state index contributed by atoms with van der Waals surface area (Å²) in [6, 6.07) is 3.95. The lowest BCUT2D eigenvalue weighted by Gasteiger charge is -2.08. The zero-order valence-electron chi connectivity index (χ0n) is 8.57. The van der Waals surface area contributed by atoms with Crippen molar-refractivity contribution in [1.82, 2.24) is 4.98 Å². The van der Waals surface area contributed by atoms with Gasteiger partial charge >= 0.3 is 0 Å². The minimum absolute atomic E-state index is 0.952. The van der Waals surface area contributed by atoms with Gasteiger partial charge in [-0.3, -0.25) is 4.98 Å². The van der Waals surface area contributed by atoms with E-state index < -0.39 is 0 Å². The number of nitrogens with zero attached hydrogens (tertiary/aromatic N) is 3. The second-order valence-electron chi connectivity index (χ2n) is 3.40. The maximum absolute atomic E-state index is 4.24. The first-order valence-corrected chi connectivity index (χ1v) is 4.58. The molecule has 1 aliphatic heterocycles. The van der Waals surface area contributed by atoms with E-state index in [1.54, 1.807) is 6.20 Å². The van der Waals surface area contributed by atoms with E-state index in [0.29, 0.717) is 0 Å². The van der Waals surface area contributed by atoms with Crippen LogP contribution in [0.2, 0.25) is 0 Å². The summed E-state index contributed by atoms with van der Waals surface area (Å²) in [5.41, 5.74) is 2.07. The maximum atomic E-state index is 4.24. The molecule has 0 spiro atoms. The lowest BCUT2D eigenvalue weighted by molar-refractivity contribution is -0.671. The minimum atomic E-state index is 0.952. The molecule has 0 amide bonds. The highest BCUT2D eigenvalue weighted by Gasteiger charge is 2.24. The van der Waals surface area contributed by atoms with Gasteiger partial charge in [0.25, 0.3) is 5.84 Å². The second kappa shape index (κ2) is 3.31. The van der Waals surface area contributed by atoms with Gasteiger partial charge in [0.15, 0.2) is 0 Å². The maximum Gasteiger partial charge on any atom is 0.260 e. The number of hydrogen-bond acceptors (Lipinski definition) is 3. The van der Waals surface area contributed by atoms with Crippen LogP contribution in [0.4, 0.5) is 0 Å². The van der Waals surface area contributed by atoms with E-state index in [9.17, 15) is 0 Å². The van der Waals surface area contributed by atoms with Gasteiger partial charge in [0.2, 0.25) is 5.84 Å². The number of rotatable bonds is 1. The zero-order valence-corrected chi connectivity index (χ0v) is 8.57. The van der Waals surface area contributed by atoms with Crippen molar-refractivity contribution < 1.29 is 4.90 Å². The number of aryl methyl sites for hydroxylation is 1. The standard InChI is InChI=1S/C10H12N4/c1-7-9(5-4-6-11-7)10-13-12-8(2)14(10)3/h4-6H,1-3H3/p+1. The summed E-state index contributed by atoms with van der Waals surface area (Å²) >= 11 is 0. The topological polar surface area (TPSA) is 42.0 Å². The summed E-state index contributed by atoms with van der Waals surface area (Å²) in [6.45, 7) is 3.95. The Morgan fingerprint density at radius 1 is 1.21 bits per heavy atom. The molecule has 0 aromatic carbocycles. The molecule has 0 bridgehead atoms. The molecule has 1 aliphatic rings. The average molecular weight is 189 g/mol. The quantitative estimate of drug-likeness (QED) is 0.663. The second-order valence-corrected chi connectivity index (χ2v) is 3.40. The van der Waals surface area contributed by atoms with Crippen LogP contribution in [0, 0.1) is 6.92 Å². The number of pyridine rings is 1. The van der Waals surface area contributed by atoms with Gasteiger partial charge in [-0.1, -0.05) is 10.2 Å². The van der Waals surface area contributed by atoms with Crippen molar-refractivity contribution in [3.63, 3.8) is 0 Å². The highest BCUT2D eigenvalue weighted by molar-refractivity contribution is 6.00. The molecule has 72 valence electrons. The molecule has 4 nitrogen and oxygen atoms in total. The molecule has 1 N–H and O–H groups in total. The van der Waals surface area contributed by atoms with Gasteiger partial charge in [-0.2, -0.15) is 0 Å². The van der Waals surface area contributed by atoms with E-state index in [2.05, 4.69) is 15.2 Å². The molecule has 1 unspecified atom stereocenters. The van der Waals surface area contributed by atoms with E-state index in [1.807, 2.05) is 33.0 Å². The molecule has 0 saturated carbocycles. The van der Waals surface area contributed by atoms with Crippen LogP contribution in [-0.4, -0.2) is 23.7 Å². The zero-order chi connectivity index (χ0) is 10.1. The van der Waals surface area contributed by atoms with Crippen molar-refractivity contribution >= 4 is 11.7 Å². The predicted octanol–water partition coefficient (Wildman–Crippen LogP) is -0.00168. The largest absolute Gasteiger partial charge is 0.261 e. The van der Waals surface area contributed by atoms with Crippen LogP contribution in [0.3, 0.4) is 0 Å². The first kappa shape index (κ1) is 9.02. The number of nitrogens with one attached hydrogen (secondary N) is 1. The first-order chi connectivity index (χ1) is 6.70. The smallest absolute Gasteiger partial charge is 0.260 e. The summed E-state index contributed by atoms with van der Waals surface area (Å²) < 4.78 is 0. The van der Waals surface area contributed by atoms with Crippen LogP contribution < -0.4 is 4.90 Å². The molecule has 4 heteroatoms. The Bertz CT molecular complexity index is 420. The Kier molecular flexibility index (Phi) is 2.13. The summed E-state index contributed by atoms with van der Waals surface area (Å²) in [7, 11) is 2.04. The molecule has 0 saturated heterocycles. The lowest BCUT2D eigenvalue weighted by atomic mass is 10.2. The fourth-order valence-corrected chi connectivity index (χ4v) is 1.44. The van der Waals surface area contributed by atoms with Crippen LogP contribution >= 0.6 is 0 Å². The fourth-order valence-electron chi connectivity index (χ4n) is 1.44. The minimum Gasteiger partial charge on any atom is -0.261 e. The monoisotopic (exact) mass is 189 g/mol. The summed E-state index contributed by atoms with van der Waals surface area (Å²) in [4.78, 5) is 5.38. The molecule has 1 atom stereocenters. The van der Waals surface area contributed by atoms with Gasteiger partial charge in [0.1, 0.15) is 0 Å². The van der Waals surface area contributed by atoms with Gasteiger partial charge in [-0.15, -0.1) is 0 Å². The van der Waals surface area contributed by atoms with Crippen molar-refractivity contribution in [2.75, 3.05) is 7.05 Å². The Morgan fingerprint density at radius 2 is 2.00 bits per heavy atom.